The molecule has 7 heteroatoms. The zero-order valence-electron chi connectivity index (χ0n) is 7.27. The molecule has 0 atom stereocenters. The van der Waals surface area contributed by atoms with Gasteiger partial charge in [0.2, 0.25) is 0 Å². The minimum atomic E-state index is -0.852. The number of thiazole rings is 1. The van der Waals surface area contributed by atoms with Crippen molar-refractivity contribution in [3.8, 4) is 0 Å². The Labute approximate surface area is 101 Å². The van der Waals surface area contributed by atoms with Crippen LogP contribution in [0.4, 0.5) is 0 Å². The Balaban J connectivity index is 0.00000144. The van der Waals surface area contributed by atoms with E-state index in [1.54, 1.807) is 12.3 Å². The third-order valence-electron chi connectivity index (χ3n) is 1.19. The summed E-state index contributed by atoms with van der Waals surface area (Å²) in [5.74, 6) is -0.852. The molecule has 0 fully saturated rings. The summed E-state index contributed by atoms with van der Waals surface area (Å²) in [5, 5.41) is 15.0. The topological polar surface area (TPSA) is 91.4 Å². The van der Waals surface area contributed by atoms with E-state index >= 15 is 0 Å². The maximum absolute atomic E-state index is 10.6. The summed E-state index contributed by atoms with van der Waals surface area (Å²) < 4.78 is 0. The van der Waals surface area contributed by atoms with Gasteiger partial charge in [-0.25, -0.2) is 4.98 Å². The van der Waals surface area contributed by atoms with E-state index in [2.05, 4.69) is 10.1 Å². The third-order valence-corrected chi connectivity index (χ3v) is 1.96. The number of carbonyl (C=O) groups excluding carboxylic acids is 1. The molecule has 1 heterocycles. The van der Waals surface area contributed by atoms with Crippen LogP contribution in [0.1, 0.15) is 10.7 Å². The minimum Gasteiger partial charge on any atom is -0.791 e. The van der Waals surface area contributed by atoms with Crippen molar-refractivity contribution in [1.82, 2.24) is 4.98 Å². The van der Waals surface area contributed by atoms with Crippen LogP contribution in [0.3, 0.4) is 0 Å². The van der Waals surface area contributed by atoms with Gasteiger partial charge in [-0.2, -0.15) is 0 Å². The van der Waals surface area contributed by atoms with E-state index in [-0.39, 0.29) is 41.0 Å². The Hall–Kier alpha value is -0.430. The van der Waals surface area contributed by atoms with Crippen LogP contribution in [0.25, 0.3) is 0 Å². The average molecular weight is 207 g/mol. The molecule has 0 radical (unpaired) electrons. The molecule has 0 bridgehead atoms. The fourth-order valence-corrected chi connectivity index (χ4v) is 1.29. The molecule has 1 rings (SSSR count). The van der Waals surface area contributed by atoms with Crippen molar-refractivity contribution in [2.24, 2.45) is 10.9 Å². The molecule has 13 heavy (non-hydrogen) atoms. The van der Waals surface area contributed by atoms with E-state index in [1.807, 2.05) is 0 Å². The van der Waals surface area contributed by atoms with Gasteiger partial charge in [-0.05, 0) is 6.92 Å². The van der Waals surface area contributed by atoms with Crippen molar-refractivity contribution in [3.05, 3.63) is 21.3 Å². The Morgan fingerprint density at radius 1 is 1.77 bits per heavy atom. The second-order valence-electron chi connectivity index (χ2n) is 2.06. The van der Waals surface area contributed by atoms with Gasteiger partial charge in [0.05, 0.1) is 5.01 Å². The second kappa shape index (κ2) is 5.33. The maximum Gasteiger partial charge on any atom is 1.00 e. The quantitative estimate of drug-likeness (QED) is 0.323. The first-order valence-electron chi connectivity index (χ1n) is 3.07. The van der Waals surface area contributed by atoms with Crippen LogP contribution in [0, 0.1) is 12.1 Å². The summed E-state index contributed by atoms with van der Waals surface area (Å²) in [6.45, 7) is 1.76. The molecule has 0 spiro atoms. The molecular weight excluding hydrogens is 201 g/mol. The summed E-state index contributed by atoms with van der Waals surface area (Å²) >= 11 is 1.33. The Morgan fingerprint density at radius 2 is 2.38 bits per heavy atom. The van der Waals surface area contributed by atoms with Crippen molar-refractivity contribution in [2.75, 3.05) is 0 Å². The predicted molar refractivity (Wildman–Crippen MR) is 45.9 cm³/mol. The number of rotatable bonds is 2. The fourth-order valence-electron chi connectivity index (χ4n) is 0.690. The van der Waals surface area contributed by atoms with Crippen LogP contribution in [0.2, 0.25) is 0 Å². The van der Waals surface area contributed by atoms with Gasteiger partial charge in [-0.15, -0.1) is 11.3 Å². The largest absolute Gasteiger partial charge is 1.00 e. The number of hydrogen-bond donors (Lipinski definition) is 1. The molecule has 0 aliphatic rings. The summed E-state index contributed by atoms with van der Waals surface area (Å²) in [5.41, 5.74) is 4.81. The molecule has 1 aromatic heterocycles. The zero-order chi connectivity index (χ0) is 9.14. The molecule has 1 aromatic rings. The molecule has 0 aliphatic heterocycles. The van der Waals surface area contributed by atoms with E-state index < -0.39 is 5.91 Å². The number of aryl methyl sites for hydroxylation is 1. The molecule has 64 valence electrons. The molecule has 2 N–H and O–H groups in total. The maximum atomic E-state index is 10.6. The minimum absolute atomic E-state index is 0. The Morgan fingerprint density at radius 3 is 2.69 bits per heavy atom. The molecular formula is C6H6N3NaO2S. The van der Waals surface area contributed by atoms with Crippen LogP contribution in [0.15, 0.2) is 10.5 Å². The van der Waals surface area contributed by atoms with Gasteiger partial charge in [0.15, 0.2) is 0 Å². The molecule has 0 unspecified atom stereocenters. The average Bonchev–Trinajstić information content (AvgIpc) is 2.37. The van der Waals surface area contributed by atoms with Crippen LogP contribution < -0.4 is 35.3 Å². The number of primary amides is 1. The number of hydrogen-bond acceptors (Lipinski definition) is 5. The van der Waals surface area contributed by atoms with Gasteiger partial charge < -0.3 is 16.1 Å². The SMILES string of the molecule is Cc1nc(/C(=N/[O-])C(N)=O)cs1.[Na+]. The van der Waals surface area contributed by atoms with Crippen LogP contribution in [-0.2, 0) is 4.79 Å². The predicted octanol–water partition coefficient (Wildman–Crippen LogP) is -2.77. The first-order chi connectivity index (χ1) is 5.65. The van der Waals surface area contributed by atoms with Crippen molar-refractivity contribution in [1.29, 1.82) is 0 Å². The first kappa shape index (κ1) is 12.6. The smallest absolute Gasteiger partial charge is 0.791 e. The number of amides is 1. The molecule has 1 amide bonds. The van der Waals surface area contributed by atoms with Crippen LogP contribution >= 0.6 is 11.3 Å². The van der Waals surface area contributed by atoms with Crippen LogP contribution in [-0.4, -0.2) is 16.6 Å². The summed E-state index contributed by atoms with van der Waals surface area (Å²) in [6, 6.07) is 0. The number of nitrogens with two attached hydrogens (primary N) is 1. The van der Waals surface area contributed by atoms with Crippen molar-refractivity contribution < 1.29 is 34.4 Å². The normalized spacial score (nSPS) is 10.7. The zero-order valence-corrected chi connectivity index (χ0v) is 10.1. The van der Waals surface area contributed by atoms with Gasteiger partial charge in [0, 0.05) is 5.38 Å². The van der Waals surface area contributed by atoms with E-state index in [9.17, 15) is 10.0 Å². The Kier molecular flexibility index (Phi) is 5.16. The van der Waals surface area contributed by atoms with Gasteiger partial charge in [-0.1, -0.05) is 0 Å². The van der Waals surface area contributed by atoms with Gasteiger partial charge in [0.1, 0.15) is 11.4 Å². The van der Waals surface area contributed by atoms with Gasteiger partial charge >= 0.3 is 29.6 Å². The summed E-state index contributed by atoms with van der Waals surface area (Å²) in [7, 11) is 0. The second-order valence-corrected chi connectivity index (χ2v) is 3.12. The molecule has 5 nitrogen and oxygen atoms in total. The molecule has 0 aromatic carbocycles. The summed E-state index contributed by atoms with van der Waals surface area (Å²) in [6.07, 6.45) is 0. The fraction of sp³-hybridized carbons (Fsp3) is 0.167. The van der Waals surface area contributed by atoms with Gasteiger partial charge in [0.25, 0.3) is 5.91 Å². The molecule has 0 saturated heterocycles. The van der Waals surface area contributed by atoms with E-state index in [4.69, 9.17) is 5.73 Å². The van der Waals surface area contributed by atoms with E-state index in [0.717, 1.165) is 5.01 Å². The summed E-state index contributed by atoms with van der Waals surface area (Å²) in [4.78, 5) is 14.5. The van der Waals surface area contributed by atoms with E-state index in [1.165, 1.54) is 11.3 Å². The van der Waals surface area contributed by atoms with Crippen molar-refractivity contribution in [3.63, 3.8) is 0 Å². The number of aromatic nitrogens is 1. The molecule has 0 aliphatic carbocycles. The monoisotopic (exact) mass is 207 g/mol. The Bertz CT molecular complexity index is 336. The molecule has 0 saturated carbocycles. The van der Waals surface area contributed by atoms with Crippen molar-refractivity contribution >= 4 is 23.0 Å². The number of carbonyl (C=O) groups is 1. The first-order valence-corrected chi connectivity index (χ1v) is 3.95. The number of nitrogens with zero attached hydrogens (tertiary/aromatic N) is 2. The van der Waals surface area contributed by atoms with E-state index in [0.29, 0.717) is 0 Å². The van der Waals surface area contributed by atoms with Crippen LogP contribution in [0.5, 0.6) is 0 Å². The van der Waals surface area contributed by atoms with Gasteiger partial charge in [-0.3, -0.25) is 4.79 Å². The third kappa shape index (κ3) is 3.07. The van der Waals surface area contributed by atoms with Crippen molar-refractivity contribution in [2.45, 2.75) is 6.92 Å². The standard InChI is InChI=1S/C6H7N3O2S.Na/c1-3-8-4(2-12-3)5(9-11)6(7)10;/h2,11H,1H3,(H2,7,10);/q;+1/p-1/b9-5-;.